The third-order valence-electron chi connectivity index (χ3n) is 2.27. The molecule has 1 amide bonds. The lowest BCUT2D eigenvalue weighted by molar-refractivity contribution is -0.119. The Labute approximate surface area is 98.6 Å². The van der Waals surface area contributed by atoms with Crippen molar-refractivity contribution in [1.82, 2.24) is 14.6 Å². The fourth-order valence-corrected chi connectivity index (χ4v) is 1.52. The van der Waals surface area contributed by atoms with Crippen LogP contribution in [0.1, 0.15) is 12.7 Å². The summed E-state index contributed by atoms with van der Waals surface area (Å²) in [4.78, 5) is 15.8. The van der Waals surface area contributed by atoms with Gasteiger partial charge in [0.2, 0.25) is 5.91 Å². The Hall–Kier alpha value is -1.95. The number of aromatic nitrogens is 3. The SMILES string of the molecule is CCc1nc2c(NC(=O)COC)cccn2n1. The van der Waals surface area contributed by atoms with Crippen LogP contribution in [0.3, 0.4) is 0 Å². The van der Waals surface area contributed by atoms with Crippen molar-refractivity contribution in [3.63, 3.8) is 0 Å². The zero-order valence-corrected chi connectivity index (χ0v) is 9.80. The highest BCUT2D eigenvalue weighted by Crippen LogP contribution is 2.14. The summed E-state index contributed by atoms with van der Waals surface area (Å²) in [5, 5.41) is 7.00. The molecule has 17 heavy (non-hydrogen) atoms. The summed E-state index contributed by atoms with van der Waals surface area (Å²) in [5.41, 5.74) is 1.29. The van der Waals surface area contributed by atoms with E-state index in [1.807, 2.05) is 13.0 Å². The third kappa shape index (κ3) is 2.42. The van der Waals surface area contributed by atoms with E-state index in [0.717, 1.165) is 12.2 Å². The number of pyridine rings is 1. The minimum atomic E-state index is -0.207. The van der Waals surface area contributed by atoms with Crippen LogP contribution < -0.4 is 5.32 Å². The number of carbonyl (C=O) groups is 1. The summed E-state index contributed by atoms with van der Waals surface area (Å²) < 4.78 is 6.41. The number of carbonyl (C=O) groups excluding carboxylic acids is 1. The number of nitrogens with zero attached hydrogens (tertiary/aromatic N) is 3. The number of fused-ring (bicyclic) bond motifs is 1. The first-order chi connectivity index (χ1) is 8.24. The van der Waals surface area contributed by atoms with E-state index in [2.05, 4.69) is 15.4 Å². The minimum absolute atomic E-state index is 0.0236. The number of aryl methyl sites for hydroxylation is 1. The molecule has 0 aliphatic carbocycles. The van der Waals surface area contributed by atoms with Crippen LogP contribution in [0.4, 0.5) is 5.69 Å². The van der Waals surface area contributed by atoms with Gasteiger partial charge in [-0.05, 0) is 12.1 Å². The van der Waals surface area contributed by atoms with E-state index in [4.69, 9.17) is 4.74 Å². The Morgan fingerprint density at radius 3 is 3.12 bits per heavy atom. The van der Waals surface area contributed by atoms with E-state index < -0.39 is 0 Å². The summed E-state index contributed by atoms with van der Waals surface area (Å²) in [6.07, 6.45) is 2.56. The molecule has 0 aromatic carbocycles. The van der Waals surface area contributed by atoms with Gasteiger partial charge in [-0.1, -0.05) is 6.92 Å². The standard InChI is InChI=1S/C11H14N4O2/c1-3-9-13-11-8(12-10(16)7-17-2)5-4-6-15(11)14-9/h4-6H,3,7H2,1-2H3,(H,12,16). The number of amides is 1. The third-order valence-corrected chi connectivity index (χ3v) is 2.27. The molecule has 2 aromatic heterocycles. The van der Waals surface area contributed by atoms with Gasteiger partial charge in [0.1, 0.15) is 6.61 Å². The first-order valence-corrected chi connectivity index (χ1v) is 5.37. The molecule has 2 heterocycles. The highest BCUT2D eigenvalue weighted by molar-refractivity contribution is 5.94. The summed E-state index contributed by atoms with van der Waals surface area (Å²) >= 11 is 0. The van der Waals surface area contributed by atoms with E-state index in [-0.39, 0.29) is 12.5 Å². The van der Waals surface area contributed by atoms with Gasteiger partial charge < -0.3 is 10.1 Å². The first kappa shape index (κ1) is 11.5. The Kier molecular flexibility index (Phi) is 3.34. The van der Waals surface area contributed by atoms with E-state index in [1.54, 1.807) is 16.8 Å². The molecule has 0 bridgehead atoms. The topological polar surface area (TPSA) is 68.5 Å². The molecule has 1 N–H and O–H groups in total. The van der Waals surface area contributed by atoms with Crippen LogP contribution in [-0.4, -0.2) is 34.2 Å². The van der Waals surface area contributed by atoms with Crippen molar-refractivity contribution in [1.29, 1.82) is 0 Å². The van der Waals surface area contributed by atoms with Crippen molar-refractivity contribution in [2.45, 2.75) is 13.3 Å². The fourth-order valence-electron chi connectivity index (χ4n) is 1.52. The Morgan fingerprint density at radius 2 is 2.41 bits per heavy atom. The van der Waals surface area contributed by atoms with Gasteiger partial charge in [0.25, 0.3) is 0 Å². The van der Waals surface area contributed by atoms with Crippen molar-refractivity contribution >= 4 is 17.2 Å². The van der Waals surface area contributed by atoms with E-state index in [1.165, 1.54) is 7.11 Å². The van der Waals surface area contributed by atoms with Crippen molar-refractivity contribution in [2.75, 3.05) is 19.0 Å². The molecule has 6 heteroatoms. The summed E-state index contributed by atoms with van der Waals surface area (Å²) in [6, 6.07) is 3.60. The molecular weight excluding hydrogens is 220 g/mol. The molecule has 0 aliphatic rings. The van der Waals surface area contributed by atoms with E-state index in [9.17, 15) is 4.79 Å². The lowest BCUT2D eigenvalue weighted by atomic mass is 10.4. The van der Waals surface area contributed by atoms with Gasteiger partial charge in [-0.25, -0.2) is 9.50 Å². The Morgan fingerprint density at radius 1 is 1.59 bits per heavy atom. The molecule has 0 fully saturated rings. The van der Waals surface area contributed by atoms with Gasteiger partial charge in [0.05, 0.1) is 5.69 Å². The summed E-state index contributed by atoms with van der Waals surface area (Å²) in [7, 11) is 1.48. The van der Waals surface area contributed by atoms with Crippen LogP contribution in [-0.2, 0) is 16.0 Å². The van der Waals surface area contributed by atoms with Gasteiger partial charge in [-0.2, -0.15) is 5.10 Å². The van der Waals surface area contributed by atoms with Crippen LogP contribution in [0, 0.1) is 0 Å². The Balaban J connectivity index is 2.33. The number of methoxy groups -OCH3 is 1. The van der Waals surface area contributed by atoms with E-state index >= 15 is 0 Å². The molecular formula is C11H14N4O2. The van der Waals surface area contributed by atoms with Crippen molar-refractivity contribution in [3.05, 3.63) is 24.2 Å². The number of nitrogens with one attached hydrogen (secondary N) is 1. The zero-order valence-electron chi connectivity index (χ0n) is 9.80. The number of hydrogen-bond acceptors (Lipinski definition) is 4. The lowest BCUT2D eigenvalue weighted by Gasteiger charge is -2.04. The molecule has 0 unspecified atom stereocenters. The second kappa shape index (κ2) is 4.92. The van der Waals surface area contributed by atoms with Crippen molar-refractivity contribution in [2.24, 2.45) is 0 Å². The van der Waals surface area contributed by atoms with Gasteiger partial charge >= 0.3 is 0 Å². The molecule has 0 saturated carbocycles. The molecule has 2 aromatic rings. The molecule has 0 atom stereocenters. The van der Waals surface area contributed by atoms with Gasteiger partial charge in [0, 0.05) is 19.7 Å². The second-order valence-corrected chi connectivity index (χ2v) is 3.55. The maximum absolute atomic E-state index is 11.4. The second-order valence-electron chi connectivity index (χ2n) is 3.55. The monoisotopic (exact) mass is 234 g/mol. The van der Waals surface area contributed by atoms with Crippen LogP contribution in [0.5, 0.6) is 0 Å². The Bertz CT molecular complexity index is 535. The average Bonchev–Trinajstić information content (AvgIpc) is 2.73. The molecule has 0 spiro atoms. The number of anilines is 1. The maximum atomic E-state index is 11.4. The van der Waals surface area contributed by atoms with Gasteiger partial charge in [0.15, 0.2) is 11.5 Å². The number of ether oxygens (including phenoxy) is 1. The minimum Gasteiger partial charge on any atom is -0.375 e. The normalized spacial score (nSPS) is 10.7. The maximum Gasteiger partial charge on any atom is 0.250 e. The largest absolute Gasteiger partial charge is 0.375 e. The van der Waals surface area contributed by atoms with Crippen LogP contribution in [0.25, 0.3) is 5.65 Å². The van der Waals surface area contributed by atoms with Gasteiger partial charge in [-0.3, -0.25) is 4.79 Å². The predicted octanol–water partition coefficient (Wildman–Crippen LogP) is 0.877. The van der Waals surface area contributed by atoms with Crippen LogP contribution >= 0.6 is 0 Å². The summed E-state index contributed by atoms with van der Waals surface area (Å²) in [5.74, 6) is 0.542. The summed E-state index contributed by atoms with van der Waals surface area (Å²) in [6.45, 7) is 2.01. The average molecular weight is 234 g/mol. The van der Waals surface area contributed by atoms with Gasteiger partial charge in [-0.15, -0.1) is 0 Å². The molecule has 90 valence electrons. The smallest absolute Gasteiger partial charge is 0.250 e. The lowest BCUT2D eigenvalue weighted by Crippen LogP contribution is -2.17. The molecule has 2 rings (SSSR count). The fraction of sp³-hybridized carbons (Fsp3) is 0.364. The van der Waals surface area contributed by atoms with E-state index in [0.29, 0.717) is 11.3 Å². The highest BCUT2D eigenvalue weighted by atomic mass is 16.5. The van der Waals surface area contributed by atoms with Crippen molar-refractivity contribution < 1.29 is 9.53 Å². The first-order valence-electron chi connectivity index (χ1n) is 5.37. The van der Waals surface area contributed by atoms with Crippen LogP contribution in [0.2, 0.25) is 0 Å². The highest BCUT2D eigenvalue weighted by Gasteiger charge is 2.09. The predicted molar refractivity (Wildman–Crippen MR) is 62.9 cm³/mol. The molecule has 0 saturated heterocycles. The van der Waals surface area contributed by atoms with Crippen molar-refractivity contribution in [3.8, 4) is 0 Å². The van der Waals surface area contributed by atoms with Crippen LogP contribution in [0.15, 0.2) is 18.3 Å². The molecule has 0 aliphatic heterocycles. The molecule has 0 radical (unpaired) electrons. The zero-order chi connectivity index (χ0) is 12.3. The molecule has 6 nitrogen and oxygen atoms in total. The quantitative estimate of drug-likeness (QED) is 0.852. The number of rotatable bonds is 4. The number of hydrogen-bond donors (Lipinski definition) is 1.